The number of halogens is 3. The quantitative estimate of drug-likeness (QED) is 0.477. The number of anilines is 1. The largest absolute Gasteiger partial charge is 0.433 e. The Morgan fingerprint density at radius 3 is 2.53 bits per heavy atom. The number of fused-ring (bicyclic) bond motifs is 1. The van der Waals surface area contributed by atoms with Crippen molar-refractivity contribution >= 4 is 22.6 Å². The van der Waals surface area contributed by atoms with Crippen LogP contribution >= 0.6 is 0 Å². The van der Waals surface area contributed by atoms with Gasteiger partial charge in [-0.25, -0.2) is 9.97 Å². The van der Waals surface area contributed by atoms with E-state index in [0.717, 1.165) is 23.5 Å². The lowest BCUT2D eigenvalue weighted by atomic mass is 10.2. The second kappa shape index (κ2) is 8.61. The van der Waals surface area contributed by atoms with Crippen molar-refractivity contribution in [3.05, 3.63) is 77.9 Å². The third-order valence-electron chi connectivity index (χ3n) is 4.77. The summed E-state index contributed by atoms with van der Waals surface area (Å²) in [4.78, 5) is 28.5. The van der Waals surface area contributed by atoms with Gasteiger partial charge in [-0.1, -0.05) is 0 Å². The van der Waals surface area contributed by atoms with Gasteiger partial charge in [0.25, 0.3) is 5.91 Å². The van der Waals surface area contributed by atoms with E-state index in [2.05, 4.69) is 30.6 Å². The van der Waals surface area contributed by atoms with Gasteiger partial charge in [-0.15, -0.1) is 0 Å². The summed E-state index contributed by atoms with van der Waals surface area (Å²) in [5.74, 6) is -0.523. The van der Waals surface area contributed by atoms with Crippen molar-refractivity contribution in [2.75, 3.05) is 5.32 Å². The van der Waals surface area contributed by atoms with Crippen LogP contribution in [-0.4, -0.2) is 30.4 Å². The maximum Gasteiger partial charge on any atom is 0.433 e. The van der Waals surface area contributed by atoms with Crippen LogP contribution in [0.2, 0.25) is 0 Å². The summed E-state index contributed by atoms with van der Waals surface area (Å²) < 4.78 is 40.3. The van der Waals surface area contributed by atoms with E-state index >= 15 is 0 Å². The average molecular weight is 441 g/mol. The van der Waals surface area contributed by atoms with Crippen LogP contribution in [0.25, 0.3) is 11.0 Å². The number of aryl methyl sites for hydroxylation is 1. The summed E-state index contributed by atoms with van der Waals surface area (Å²) in [5, 5.41) is 5.90. The van der Waals surface area contributed by atoms with E-state index in [-0.39, 0.29) is 17.8 Å². The van der Waals surface area contributed by atoms with Crippen molar-refractivity contribution in [1.82, 2.24) is 29.8 Å². The van der Waals surface area contributed by atoms with E-state index in [1.165, 1.54) is 12.4 Å². The number of hydrogen-bond donors (Lipinski definition) is 2. The van der Waals surface area contributed by atoms with Gasteiger partial charge in [-0.3, -0.25) is 14.8 Å². The number of aromatic nitrogens is 5. The maximum atomic E-state index is 12.8. The first-order chi connectivity index (χ1) is 15.3. The van der Waals surface area contributed by atoms with Crippen LogP contribution in [0, 0.1) is 0 Å². The van der Waals surface area contributed by atoms with Gasteiger partial charge in [0.05, 0.1) is 5.69 Å². The Hall–Kier alpha value is -4.02. The standard InChI is InChI=1S/C21H18F3N7O/c1-31-11-15(27-9-13-2-5-25-6-3-13)17-19(31)18(30-12-29-17)20(32)28-10-14-4-7-26-16(8-14)21(22,23)24/h2-8,11-12,27H,9-10H2,1H3,(H,28,32). The molecule has 1 amide bonds. The van der Waals surface area contributed by atoms with Gasteiger partial charge >= 0.3 is 6.18 Å². The van der Waals surface area contributed by atoms with E-state index < -0.39 is 17.8 Å². The molecular weight excluding hydrogens is 423 g/mol. The molecule has 0 radical (unpaired) electrons. The van der Waals surface area contributed by atoms with Crippen molar-refractivity contribution in [2.24, 2.45) is 7.05 Å². The summed E-state index contributed by atoms with van der Waals surface area (Å²) in [5.41, 5.74) is 2.20. The Bertz CT molecular complexity index is 1260. The predicted molar refractivity (Wildman–Crippen MR) is 110 cm³/mol. The molecule has 4 rings (SSSR count). The van der Waals surface area contributed by atoms with Crippen molar-refractivity contribution in [1.29, 1.82) is 0 Å². The molecule has 0 saturated carbocycles. The Kier molecular flexibility index (Phi) is 5.71. The average Bonchev–Trinajstić information content (AvgIpc) is 3.12. The molecule has 4 heterocycles. The number of amides is 1. The minimum Gasteiger partial charge on any atom is -0.378 e. The molecule has 0 bridgehead atoms. The van der Waals surface area contributed by atoms with Gasteiger partial charge in [-0.05, 0) is 35.4 Å². The zero-order valence-electron chi connectivity index (χ0n) is 16.9. The molecule has 8 nitrogen and oxygen atoms in total. The molecule has 0 unspecified atom stereocenters. The molecule has 32 heavy (non-hydrogen) atoms. The lowest BCUT2D eigenvalue weighted by Gasteiger charge is -2.09. The van der Waals surface area contributed by atoms with Gasteiger partial charge in [0.1, 0.15) is 23.1 Å². The molecule has 0 atom stereocenters. The number of nitrogens with one attached hydrogen (secondary N) is 2. The molecule has 0 saturated heterocycles. The summed E-state index contributed by atoms with van der Waals surface area (Å²) in [7, 11) is 1.76. The molecule has 164 valence electrons. The smallest absolute Gasteiger partial charge is 0.378 e. The van der Waals surface area contributed by atoms with E-state index in [4.69, 9.17) is 0 Å². The van der Waals surface area contributed by atoms with E-state index in [9.17, 15) is 18.0 Å². The number of carbonyl (C=O) groups is 1. The molecular formula is C21H18F3N7O. The monoisotopic (exact) mass is 441 g/mol. The summed E-state index contributed by atoms with van der Waals surface area (Å²) in [6, 6.07) is 6.08. The van der Waals surface area contributed by atoms with Crippen LogP contribution < -0.4 is 10.6 Å². The summed E-state index contributed by atoms with van der Waals surface area (Å²) in [6.07, 6.45) is 2.99. The number of hydrogen-bond acceptors (Lipinski definition) is 6. The first kappa shape index (κ1) is 21.2. The SMILES string of the molecule is Cn1cc(NCc2ccncc2)c2ncnc(C(=O)NCc3ccnc(C(F)(F)F)c3)c21. The topological polar surface area (TPSA) is 97.6 Å². The fraction of sp³-hybridized carbons (Fsp3) is 0.190. The highest BCUT2D eigenvalue weighted by atomic mass is 19.4. The molecule has 0 aromatic carbocycles. The second-order valence-corrected chi connectivity index (χ2v) is 7.01. The van der Waals surface area contributed by atoms with Crippen LogP contribution in [0.15, 0.2) is 55.4 Å². The van der Waals surface area contributed by atoms with Crippen molar-refractivity contribution in [3.63, 3.8) is 0 Å². The molecule has 11 heteroatoms. The molecule has 0 spiro atoms. The first-order valence-corrected chi connectivity index (χ1v) is 9.56. The molecule has 4 aromatic heterocycles. The van der Waals surface area contributed by atoms with Crippen LogP contribution in [0.5, 0.6) is 0 Å². The lowest BCUT2D eigenvalue weighted by Crippen LogP contribution is -2.25. The van der Waals surface area contributed by atoms with Gasteiger partial charge in [0, 0.05) is 44.9 Å². The van der Waals surface area contributed by atoms with E-state index in [1.54, 1.807) is 30.2 Å². The minimum absolute atomic E-state index is 0.104. The number of rotatable bonds is 6. The minimum atomic E-state index is -4.55. The number of carbonyl (C=O) groups excluding carboxylic acids is 1. The summed E-state index contributed by atoms with van der Waals surface area (Å²) in [6.45, 7) is 0.435. The van der Waals surface area contributed by atoms with E-state index in [0.29, 0.717) is 17.6 Å². The fourth-order valence-electron chi connectivity index (χ4n) is 3.23. The van der Waals surface area contributed by atoms with Crippen molar-refractivity contribution in [3.8, 4) is 0 Å². The van der Waals surface area contributed by atoms with Crippen LogP contribution in [-0.2, 0) is 26.3 Å². The molecule has 0 aliphatic carbocycles. The van der Waals surface area contributed by atoms with Gasteiger partial charge in [-0.2, -0.15) is 13.2 Å². The van der Waals surface area contributed by atoms with E-state index in [1.807, 2.05) is 12.1 Å². The summed E-state index contributed by atoms with van der Waals surface area (Å²) >= 11 is 0. The zero-order valence-corrected chi connectivity index (χ0v) is 16.9. The molecule has 0 aliphatic rings. The Balaban J connectivity index is 1.53. The van der Waals surface area contributed by atoms with Gasteiger partial charge in [0.2, 0.25) is 0 Å². The zero-order chi connectivity index (χ0) is 22.7. The highest BCUT2D eigenvalue weighted by molar-refractivity contribution is 6.05. The Morgan fingerprint density at radius 2 is 1.78 bits per heavy atom. The fourth-order valence-corrected chi connectivity index (χ4v) is 3.23. The van der Waals surface area contributed by atoms with Crippen molar-refractivity contribution in [2.45, 2.75) is 19.3 Å². The number of pyridine rings is 2. The van der Waals surface area contributed by atoms with Crippen molar-refractivity contribution < 1.29 is 18.0 Å². The second-order valence-electron chi connectivity index (χ2n) is 7.01. The number of alkyl halides is 3. The van der Waals surface area contributed by atoms with Gasteiger partial charge < -0.3 is 15.2 Å². The highest BCUT2D eigenvalue weighted by Gasteiger charge is 2.32. The maximum absolute atomic E-state index is 12.8. The highest BCUT2D eigenvalue weighted by Crippen LogP contribution is 2.28. The molecule has 4 aromatic rings. The third-order valence-corrected chi connectivity index (χ3v) is 4.77. The number of nitrogens with zero attached hydrogens (tertiary/aromatic N) is 5. The Labute approximate surface area is 180 Å². The molecule has 2 N–H and O–H groups in total. The van der Waals surface area contributed by atoms with Crippen LogP contribution in [0.1, 0.15) is 27.3 Å². The lowest BCUT2D eigenvalue weighted by molar-refractivity contribution is -0.141. The van der Waals surface area contributed by atoms with Crippen LogP contribution in [0.3, 0.4) is 0 Å². The van der Waals surface area contributed by atoms with Gasteiger partial charge in [0.15, 0.2) is 5.69 Å². The normalized spacial score (nSPS) is 11.5. The Morgan fingerprint density at radius 1 is 1.03 bits per heavy atom. The molecule has 0 aliphatic heterocycles. The third kappa shape index (κ3) is 4.51. The molecule has 0 fully saturated rings. The first-order valence-electron chi connectivity index (χ1n) is 9.56. The predicted octanol–water partition coefficient (Wildman–Crippen LogP) is 3.32. The van der Waals surface area contributed by atoms with Crippen LogP contribution in [0.4, 0.5) is 18.9 Å².